The predicted octanol–water partition coefficient (Wildman–Crippen LogP) is 4.08. The number of rotatable bonds is 8. The molecule has 3 aromatic rings. The van der Waals surface area contributed by atoms with Crippen LogP contribution in [-0.4, -0.2) is 32.7 Å². The van der Waals surface area contributed by atoms with Crippen LogP contribution in [0.3, 0.4) is 0 Å². The highest BCUT2D eigenvalue weighted by Crippen LogP contribution is 2.40. The third kappa shape index (κ3) is 5.20. The minimum absolute atomic E-state index is 0.222. The van der Waals surface area contributed by atoms with Crippen LogP contribution in [0.25, 0.3) is 11.0 Å². The molecule has 2 atom stereocenters. The molecule has 1 aliphatic rings. The molecule has 2 aromatic heterocycles. The van der Waals surface area contributed by atoms with E-state index in [0.717, 1.165) is 36.4 Å². The first-order valence-corrected chi connectivity index (χ1v) is 11.1. The van der Waals surface area contributed by atoms with Crippen LogP contribution in [-0.2, 0) is 13.1 Å². The average molecular weight is 419 g/mol. The summed E-state index contributed by atoms with van der Waals surface area (Å²) in [6, 6.07) is 7.95. The molecule has 2 heterocycles. The molecule has 0 saturated heterocycles. The van der Waals surface area contributed by atoms with Gasteiger partial charge in [-0.15, -0.1) is 0 Å². The number of benzene rings is 1. The lowest BCUT2D eigenvalue weighted by atomic mass is 9.70. The van der Waals surface area contributed by atoms with Crippen molar-refractivity contribution in [3.8, 4) is 11.9 Å². The summed E-state index contributed by atoms with van der Waals surface area (Å²) in [5.41, 5.74) is 3.84. The topological polar surface area (TPSA) is 88.6 Å². The molecule has 162 valence electrons. The number of ether oxygens (including phenoxy) is 1. The van der Waals surface area contributed by atoms with Gasteiger partial charge >= 0.3 is 0 Å². The summed E-state index contributed by atoms with van der Waals surface area (Å²) in [6.07, 6.45) is 10.3. The quantitative estimate of drug-likeness (QED) is 0.593. The van der Waals surface area contributed by atoms with Gasteiger partial charge in [0.25, 0.3) is 0 Å². The molecule has 1 unspecified atom stereocenters. The van der Waals surface area contributed by atoms with E-state index in [2.05, 4.69) is 37.8 Å². The average Bonchev–Trinajstić information content (AvgIpc) is 3.16. The minimum atomic E-state index is 0.222. The van der Waals surface area contributed by atoms with Crippen LogP contribution < -0.4 is 10.1 Å². The fourth-order valence-electron chi connectivity index (χ4n) is 4.76. The van der Waals surface area contributed by atoms with Gasteiger partial charge in [-0.2, -0.15) is 5.26 Å². The maximum Gasteiger partial charge on any atom is 0.232 e. The Morgan fingerprint density at radius 2 is 2.19 bits per heavy atom. The minimum Gasteiger partial charge on any atom is -0.477 e. The Balaban J connectivity index is 1.34. The summed E-state index contributed by atoms with van der Waals surface area (Å²) in [5, 5.41) is 12.8. The van der Waals surface area contributed by atoms with Gasteiger partial charge in [-0.1, -0.05) is 13.3 Å². The molecule has 0 bridgehead atoms. The van der Waals surface area contributed by atoms with E-state index in [1.54, 1.807) is 12.4 Å². The predicted molar refractivity (Wildman–Crippen MR) is 119 cm³/mol. The molecule has 0 amide bonds. The van der Waals surface area contributed by atoms with E-state index >= 15 is 0 Å². The van der Waals surface area contributed by atoms with Crippen molar-refractivity contribution in [2.45, 2.75) is 52.6 Å². The third-order valence-electron chi connectivity index (χ3n) is 6.19. The molecule has 1 fully saturated rings. The van der Waals surface area contributed by atoms with Crippen LogP contribution in [0.15, 0.2) is 36.9 Å². The van der Waals surface area contributed by atoms with Crippen LogP contribution in [0, 0.1) is 22.7 Å². The third-order valence-corrected chi connectivity index (χ3v) is 6.19. The van der Waals surface area contributed by atoms with E-state index < -0.39 is 0 Å². The number of hydrogen-bond acceptors (Lipinski definition) is 6. The van der Waals surface area contributed by atoms with Gasteiger partial charge in [-0.05, 0) is 62.3 Å². The van der Waals surface area contributed by atoms with E-state index in [0.29, 0.717) is 24.0 Å². The normalized spacial score (nSPS) is 21.1. The fourth-order valence-corrected chi connectivity index (χ4v) is 4.76. The number of aromatic nitrogens is 4. The summed E-state index contributed by atoms with van der Waals surface area (Å²) >= 11 is 0. The molecule has 1 N–H and O–H groups in total. The highest BCUT2D eigenvalue weighted by atomic mass is 16.5. The van der Waals surface area contributed by atoms with Crippen LogP contribution in [0.5, 0.6) is 5.88 Å². The molecule has 0 spiro atoms. The maximum absolute atomic E-state index is 9.23. The zero-order chi connectivity index (χ0) is 21.7. The molecular formula is C24H30N6O. The number of nitriles is 1. The Morgan fingerprint density at radius 3 is 2.97 bits per heavy atom. The zero-order valence-electron chi connectivity index (χ0n) is 18.3. The van der Waals surface area contributed by atoms with Crippen molar-refractivity contribution in [1.82, 2.24) is 24.8 Å². The second-order valence-electron chi connectivity index (χ2n) is 8.87. The highest BCUT2D eigenvalue weighted by Gasteiger charge is 2.32. The first-order chi connectivity index (χ1) is 15.1. The Kier molecular flexibility index (Phi) is 6.47. The Hall–Kier alpha value is -2.98. The zero-order valence-corrected chi connectivity index (χ0v) is 18.3. The van der Waals surface area contributed by atoms with Gasteiger partial charge < -0.3 is 14.6 Å². The fraction of sp³-hybridized carbons (Fsp3) is 0.500. The number of nitrogens with zero attached hydrogens (tertiary/aromatic N) is 5. The van der Waals surface area contributed by atoms with Crippen molar-refractivity contribution >= 4 is 11.0 Å². The van der Waals surface area contributed by atoms with Crippen molar-refractivity contribution in [2.24, 2.45) is 11.3 Å². The van der Waals surface area contributed by atoms with Gasteiger partial charge in [0, 0.05) is 13.1 Å². The van der Waals surface area contributed by atoms with Crippen LogP contribution in [0.4, 0.5) is 0 Å². The van der Waals surface area contributed by atoms with Crippen molar-refractivity contribution in [1.29, 1.82) is 5.26 Å². The van der Waals surface area contributed by atoms with E-state index in [1.807, 2.05) is 31.5 Å². The summed E-state index contributed by atoms with van der Waals surface area (Å²) < 4.78 is 7.57. The van der Waals surface area contributed by atoms with E-state index in [9.17, 15) is 5.26 Å². The first kappa shape index (κ1) is 21.3. The Labute approximate surface area is 183 Å². The lowest BCUT2D eigenvalue weighted by molar-refractivity contribution is 0.134. The Bertz CT molecular complexity index is 1050. The molecule has 0 aliphatic heterocycles. The van der Waals surface area contributed by atoms with Gasteiger partial charge in [-0.3, -0.25) is 4.98 Å². The molecule has 7 nitrogen and oxygen atoms in total. The smallest absolute Gasteiger partial charge is 0.232 e. The van der Waals surface area contributed by atoms with Gasteiger partial charge in [0.1, 0.15) is 0 Å². The number of hydrogen-bond donors (Lipinski definition) is 1. The van der Waals surface area contributed by atoms with Gasteiger partial charge in [0.2, 0.25) is 5.88 Å². The summed E-state index contributed by atoms with van der Waals surface area (Å²) in [4.78, 5) is 13.2. The summed E-state index contributed by atoms with van der Waals surface area (Å²) in [7, 11) is 0. The summed E-state index contributed by atoms with van der Waals surface area (Å²) in [5.74, 6) is 1.21. The first-order valence-electron chi connectivity index (χ1n) is 11.1. The monoisotopic (exact) mass is 418 g/mol. The van der Waals surface area contributed by atoms with Crippen molar-refractivity contribution < 1.29 is 4.74 Å². The van der Waals surface area contributed by atoms with Gasteiger partial charge in [0.15, 0.2) is 0 Å². The molecule has 31 heavy (non-hydrogen) atoms. The van der Waals surface area contributed by atoms with E-state index in [1.165, 1.54) is 25.7 Å². The molecule has 1 aliphatic carbocycles. The second-order valence-corrected chi connectivity index (χ2v) is 8.87. The van der Waals surface area contributed by atoms with Crippen molar-refractivity contribution in [3.63, 3.8) is 0 Å². The van der Waals surface area contributed by atoms with Crippen LogP contribution >= 0.6 is 0 Å². The largest absolute Gasteiger partial charge is 0.477 e. The SMILES string of the molecule is CCOc1cnc(CNCC2CCC[C@](C)(Cn3cnc4ccc(C#N)cc43)C2)cn1. The molecule has 1 aromatic carbocycles. The molecule has 0 radical (unpaired) electrons. The lowest BCUT2D eigenvalue weighted by Gasteiger charge is -2.38. The van der Waals surface area contributed by atoms with E-state index in [-0.39, 0.29) is 5.41 Å². The highest BCUT2D eigenvalue weighted by molar-refractivity contribution is 5.76. The maximum atomic E-state index is 9.23. The summed E-state index contributed by atoms with van der Waals surface area (Å²) in [6.45, 7) is 7.55. The van der Waals surface area contributed by atoms with Crippen molar-refractivity contribution in [3.05, 3.63) is 48.2 Å². The Morgan fingerprint density at radius 1 is 1.29 bits per heavy atom. The molecule has 1 saturated carbocycles. The van der Waals surface area contributed by atoms with Gasteiger partial charge in [0.05, 0.1) is 53.7 Å². The number of imidazole rings is 1. The standard InChI is InChI=1S/C24H30N6O/c1-3-31-23-15-27-20(14-28-23)13-26-12-19-5-4-8-24(2,10-19)16-30-17-29-21-7-6-18(11-25)9-22(21)30/h6-7,9,14-15,17,19,26H,3-5,8,10,12-13,16H2,1-2H3/t19?,24-/m0/s1. The van der Waals surface area contributed by atoms with Crippen molar-refractivity contribution in [2.75, 3.05) is 13.2 Å². The number of fused-ring (bicyclic) bond motifs is 1. The van der Waals surface area contributed by atoms with Gasteiger partial charge in [-0.25, -0.2) is 9.97 Å². The second kappa shape index (κ2) is 9.44. The molecule has 7 heteroatoms. The number of nitrogens with one attached hydrogen (secondary N) is 1. The van der Waals surface area contributed by atoms with Crippen LogP contribution in [0.1, 0.15) is 50.8 Å². The van der Waals surface area contributed by atoms with E-state index in [4.69, 9.17) is 4.74 Å². The lowest BCUT2D eigenvalue weighted by Crippen LogP contribution is -2.34. The molecule has 4 rings (SSSR count). The molecular weight excluding hydrogens is 388 g/mol. The van der Waals surface area contributed by atoms with Crippen LogP contribution in [0.2, 0.25) is 0 Å².